The molecule has 0 unspecified atom stereocenters. The van der Waals surface area contributed by atoms with E-state index in [0.717, 1.165) is 16.2 Å². The van der Waals surface area contributed by atoms with E-state index in [0.29, 0.717) is 36.0 Å². The van der Waals surface area contributed by atoms with Crippen molar-refractivity contribution in [2.24, 2.45) is 5.92 Å². The van der Waals surface area contributed by atoms with Crippen LogP contribution in [0.5, 0.6) is 17.2 Å². The van der Waals surface area contributed by atoms with E-state index < -0.39 is 55.3 Å². The van der Waals surface area contributed by atoms with Crippen molar-refractivity contribution in [2.75, 3.05) is 13.2 Å². The highest BCUT2D eigenvalue weighted by atomic mass is 16.8. The van der Waals surface area contributed by atoms with Crippen molar-refractivity contribution in [2.45, 2.75) is 44.7 Å². The molecule has 0 spiro atoms. The molecule has 5 N–H and O–H groups in total. The van der Waals surface area contributed by atoms with Gasteiger partial charge in [-0.15, -0.1) is 0 Å². The molecule has 1 aliphatic heterocycles. The van der Waals surface area contributed by atoms with E-state index in [4.69, 9.17) is 23.4 Å². The highest BCUT2D eigenvalue weighted by Crippen LogP contribution is 2.27. The average Bonchev–Trinajstić information content (AvgIpc) is 3.45. The summed E-state index contributed by atoms with van der Waals surface area (Å²) in [5.41, 5.74) is 2.18. The van der Waals surface area contributed by atoms with Gasteiger partial charge in [0.05, 0.1) is 12.3 Å². The molecule has 1 fully saturated rings. The Bertz CT molecular complexity index is 1730. The zero-order valence-electron chi connectivity index (χ0n) is 26.1. The van der Waals surface area contributed by atoms with Gasteiger partial charge in [0, 0.05) is 18.5 Å². The van der Waals surface area contributed by atoms with E-state index in [1.165, 1.54) is 24.3 Å². The van der Waals surface area contributed by atoms with Crippen molar-refractivity contribution in [3.05, 3.63) is 95.9 Å². The van der Waals surface area contributed by atoms with Crippen LogP contribution in [0.15, 0.2) is 83.3 Å². The molecule has 1 aromatic heterocycles. The molecule has 258 valence electrons. The summed E-state index contributed by atoms with van der Waals surface area (Å²) in [6.07, 6.45) is -8.48. The number of carboxylic acid groups (broad SMARTS) is 1. The monoisotopic (exact) mass is 678 g/mol. The van der Waals surface area contributed by atoms with Gasteiger partial charge in [-0.1, -0.05) is 30.3 Å². The number of phenols is 1. The number of hydrogen-bond acceptors (Lipinski definition) is 13. The third-order valence-corrected chi connectivity index (χ3v) is 7.55. The molecule has 1 amide bonds. The minimum Gasteiger partial charge on any atom is -0.508 e. The van der Waals surface area contributed by atoms with Gasteiger partial charge in [0.15, 0.2) is 6.29 Å². The summed E-state index contributed by atoms with van der Waals surface area (Å²) in [5, 5.41) is 48.8. The average molecular weight is 679 g/mol. The maximum atomic E-state index is 13.2. The first-order chi connectivity index (χ1) is 23.5. The van der Waals surface area contributed by atoms with Crippen LogP contribution in [0.2, 0.25) is 0 Å². The Hall–Kier alpha value is -5.48. The normalized spacial score (nSPS) is 20.3. The van der Waals surface area contributed by atoms with Crippen LogP contribution in [0.4, 0.5) is 4.79 Å². The lowest BCUT2D eigenvalue weighted by atomic mass is 9.94. The first kappa shape index (κ1) is 34.8. The van der Waals surface area contributed by atoms with Crippen LogP contribution in [0.25, 0.3) is 11.5 Å². The first-order valence-corrected chi connectivity index (χ1v) is 15.1. The molecule has 4 aromatic rings. The van der Waals surface area contributed by atoms with Gasteiger partial charge in [0.1, 0.15) is 47.7 Å². The van der Waals surface area contributed by atoms with E-state index in [2.05, 4.69) is 4.98 Å². The fraction of sp³-hybridized carbons (Fsp3) is 0.294. The lowest BCUT2D eigenvalue weighted by Gasteiger charge is -2.38. The van der Waals surface area contributed by atoms with Gasteiger partial charge in [-0.3, -0.25) is 14.5 Å². The summed E-state index contributed by atoms with van der Waals surface area (Å²) in [6.45, 7) is 1.20. The number of amides is 1. The molecule has 0 bridgehead atoms. The molecule has 0 radical (unpaired) electrons. The van der Waals surface area contributed by atoms with E-state index in [-0.39, 0.29) is 18.0 Å². The number of esters is 1. The predicted octanol–water partition coefficient (Wildman–Crippen LogP) is 2.62. The standard InChI is InChI=1S/C34H34N2O13/c1-19-25(35-30(46-19)21-5-3-2-4-6-21)15-16-45-23-11-7-20(8-12-23)17-36(34(44)47-24-13-9-22(37)10-14-24)18-26(38)48-33-27(31(41)42)28(39)29(40)32(43)49-33/h2-14,27-29,32-33,37,39-40,43H,15-18H2,1H3,(H,41,42)/t27-,28+,29-,32-,33+/m1/s1. The fourth-order valence-electron chi connectivity index (χ4n) is 4.94. The van der Waals surface area contributed by atoms with E-state index in [1.54, 1.807) is 24.3 Å². The number of hydrogen-bond donors (Lipinski definition) is 5. The summed E-state index contributed by atoms with van der Waals surface area (Å²) < 4.78 is 27.0. The third kappa shape index (κ3) is 8.91. The van der Waals surface area contributed by atoms with E-state index in [1.807, 2.05) is 37.3 Å². The summed E-state index contributed by atoms with van der Waals surface area (Å²) in [5.74, 6) is -3.00. The number of benzene rings is 3. The molecule has 0 saturated carbocycles. The second-order valence-electron chi connectivity index (χ2n) is 11.1. The quantitative estimate of drug-likeness (QED) is 0.136. The van der Waals surface area contributed by atoms with Crippen molar-refractivity contribution in [1.82, 2.24) is 9.88 Å². The minimum absolute atomic E-state index is 0.0601. The van der Waals surface area contributed by atoms with Crippen LogP contribution >= 0.6 is 0 Å². The molecule has 49 heavy (non-hydrogen) atoms. The largest absolute Gasteiger partial charge is 0.508 e. The fourth-order valence-corrected chi connectivity index (χ4v) is 4.94. The van der Waals surface area contributed by atoms with Crippen molar-refractivity contribution in [3.63, 3.8) is 0 Å². The lowest BCUT2D eigenvalue weighted by molar-refractivity contribution is -0.317. The molecule has 5 atom stereocenters. The van der Waals surface area contributed by atoms with Gasteiger partial charge < -0.3 is 48.9 Å². The summed E-state index contributed by atoms with van der Waals surface area (Å²) >= 11 is 0. The molecular weight excluding hydrogens is 644 g/mol. The molecule has 15 heteroatoms. The number of carbonyl (C=O) groups excluding carboxylic acids is 2. The molecule has 15 nitrogen and oxygen atoms in total. The van der Waals surface area contributed by atoms with Crippen molar-refractivity contribution in [3.8, 4) is 28.7 Å². The second kappa shape index (κ2) is 15.6. The number of aromatic hydroxyl groups is 1. The van der Waals surface area contributed by atoms with Crippen LogP contribution in [0.1, 0.15) is 17.0 Å². The van der Waals surface area contributed by atoms with Crippen molar-refractivity contribution >= 4 is 18.0 Å². The summed E-state index contributed by atoms with van der Waals surface area (Å²) in [7, 11) is 0. The highest BCUT2D eigenvalue weighted by Gasteiger charge is 2.50. The first-order valence-electron chi connectivity index (χ1n) is 15.1. The van der Waals surface area contributed by atoms with Gasteiger partial charge in [0.25, 0.3) is 0 Å². The van der Waals surface area contributed by atoms with Crippen LogP contribution < -0.4 is 9.47 Å². The highest BCUT2D eigenvalue weighted by molar-refractivity contribution is 5.80. The number of phenolic OH excluding ortho intramolecular Hbond substituents is 1. The number of aromatic nitrogens is 1. The van der Waals surface area contributed by atoms with Crippen LogP contribution in [0.3, 0.4) is 0 Å². The third-order valence-electron chi connectivity index (χ3n) is 7.55. The molecular formula is C34H34N2O13. The number of carboxylic acids is 1. The van der Waals surface area contributed by atoms with E-state index >= 15 is 0 Å². The van der Waals surface area contributed by atoms with Gasteiger partial charge in [-0.05, 0) is 61.0 Å². The number of rotatable bonds is 12. The maximum Gasteiger partial charge on any atom is 0.416 e. The van der Waals surface area contributed by atoms with Gasteiger partial charge in [-0.2, -0.15) is 0 Å². The molecule has 1 saturated heterocycles. The Morgan fingerprint density at radius 3 is 2.24 bits per heavy atom. The van der Waals surface area contributed by atoms with Gasteiger partial charge in [-0.25, -0.2) is 9.78 Å². The van der Waals surface area contributed by atoms with Crippen LogP contribution in [0, 0.1) is 12.8 Å². The Morgan fingerprint density at radius 1 is 0.898 bits per heavy atom. The number of aliphatic carboxylic acids is 1. The molecule has 0 aliphatic carbocycles. The van der Waals surface area contributed by atoms with Crippen LogP contribution in [-0.4, -0.2) is 91.4 Å². The number of aryl methyl sites for hydroxylation is 1. The number of carbonyl (C=O) groups is 3. The molecule has 2 heterocycles. The van der Waals surface area contributed by atoms with E-state index in [9.17, 15) is 39.9 Å². The van der Waals surface area contributed by atoms with Crippen molar-refractivity contribution in [1.29, 1.82) is 0 Å². The molecule has 3 aromatic carbocycles. The predicted molar refractivity (Wildman–Crippen MR) is 167 cm³/mol. The molecule has 5 rings (SSSR count). The number of aliphatic hydroxyl groups is 3. The zero-order valence-corrected chi connectivity index (χ0v) is 26.1. The minimum atomic E-state index is -2.04. The second-order valence-corrected chi connectivity index (χ2v) is 11.1. The maximum absolute atomic E-state index is 13.2. The summed E-state index contributed by atoms with van der Waals surface area (Å²) in [4.78, 5) is 43.3. The smallest absolute Gasteiger partial charge is 0.416 e. The number of oxazole rings is 1. The Kier molecular flexibility index (Phi) is 11.1. The van der Waals surface area contributed by atoms with Crippen LogP contribution in [-0.2, 0) is 32.0 Å². The Labute approximate surface area is 279 Å². The van der Waals surface area contributed by atoms with Gasteiger partial charge >= 0.3 is 18.0 Å². The Balaban J connectivity index is 1.23. The number of ether oxygens (including phenoxy) is 4. The number of nitrogens with zero attached hydrogens (tertiary/aromatic N) is 2. The zero-order chi connectivity index (χ0) is 35.1. The SMILES string of the molecule is Cc1oc(-c2ccccc2)nc1CCOc1ccc(CN(CC(=O)O[C@H]2O[C@@H](O)[C@H](O)[C@@H](O)[C@@H]2C(=O)O)C(=O)Oc2ccc(O)cc2)cc1. The number of aliphatic hydroxyl groups excluding tert-OH is 3. The topological polar surface area (TPSA) is 219 Å². The Morgan fingerprint density at radius 2 is 1.57 bits per heavy atom. The molecule has 1 aliphatic rings. The van der Waals surface area contributed by atoms with Crippen molar-refractivity contribution < 1.29 is 63.3 Å². The van der Waals surface area contributed by atoms with Gasteiger partial charge in [0.2, 0.25) is 12.2 Å². The lowest BCUT2D eigenvalue weighted by Crippen LogP contribution is -2.58. The summed E-state index contributed by atoms with van der Waals surface area (Å²) in [6, 6.07) is 21.5.